The van der Waals surface area contributed by atoms with Crippen LogP contribution in [0.25, 0.3) is 0 Å². The highest BCUT2D eigenvalue weighted by atomic mass is 79.9. The molecule has 1 rings (SSSR count). The Hall–Kier alpha value is -0.203. The van der Waals surface area contributed by atoms with Crippen molar-refractivity contribution in [2.75, 3.05) is 0 Å². The van der Waals surface area contributed by atoms with Gasteiger partial charge >= 0.3 is 6.36 Å². The van der Waals surface area contributed by atoms with E-state index >= 15 is 0 Å². The lowest BCUT2D eigenvalue weighted by molar-refractivity contribution is -0.274. The van der Waals surface area contributed by atoms with Crippen molar-refractivity contribution < 1.29 is 17.9 Å². The van der Waals surface area contributed by atoms with Crippen molar-refractivity contribution in [2.24, 2.45) is 0 Å². The van der Waals surface area contributed by atoms with Crippen LogP contribution >= 0.6 is 27.5 Å². The van der Waals surface area contributed by atoms with Gasteiger partial charge in [-0.3, -0.25) is 0 Å². The molecule has 0 aliphatic rings. The smallest absolute Gasteiger partial charge is 0.406 e. The monoisotopic (exact) mass is 346 g/mol. The summed E-state index contributed by atoms with van der Waals surface area (Å²) in [6.07, 6.45) is -4.70. The number of benzene rings is 1. The van der Waals surface area contributed by atoms with Crippen LogP contribution in [0.3, 0.4) is 0 Å². The molecule has 0 unspecified atom stereocenters. The molecule has 0 saturated heterocycles. The minimum absolute atomic E-state index is 0.204. The van der Waals surface area contributed by atoms with Gasteiger partial charge in [0.1, 0.15) is 5.75 Å². The van der Waals surface area contributed by atoms with Gasteiger partial charge in [0, 0.05) is 9.66 Å². The molecule has 0 spiro atoms. The fraction of sp³-hybridized carbons (Fsp3) is 0.400. The molecule has 0 heterocycles. The van der Waals surface area contributed by atoms with Gasteiger partial charge in [-0.1, -0.05) is 31.2 Å². The molecule has 1 aromatic carbocycles. The zero-order valence-corrected chi connectivity index (χ0v) is 12.8. The number of alkyl halides is 3. The molecular formula is C10H11BrClF3OSi. The Bertz CT molecular complexity index is 429. The maximum Gasteiger partial charge on any atom is 0.573 e. The maximum absolute atomic E-state index is 12.3. The van der Waals surface area contributed by atoms with Crippen molar-refractivity contribution in [1.29, 1.82) is 0 Å². The van der Waals surface area contributed by atoms with E-state index in [1.807, 2.05) is 19.6 Å². The zero-order chi connectivity index (χ0) is 13.4. The van der Waals surface area contributed by atoms with Gasteiger partial charge in [0.05, 0.1) is 13.1 Å². The van der Waals surface area contributed by atoms with E-state index in [2.05, 4.69) is 20.7 Å². The van der Waals surface area contributed by atoms with Gasteiger partial charge in [0.25, 0.3) is 0 Å². The van der Waals surface area contributed by atoms with Crippen LogP contribution in [0.4, 0.5) is 13.2 Å². The van der Waals surface area contributed by atoms with Gasteiger partial charge in [0.15, 0.2) is 0 Å². The third-order valence-corrected chi connectivity index (χ3v) is 5.47. The Kier molecular flexibility index (Phi) is 4.21. The van der Waals surface area contributed by atoms with Crippen molar-refractivity contribution in [3.8, 4) is 5.75 Å². The molecule has 0 saturated carbocycles. The summed E-state index contributed by atoms with van der Waals surface area (Å²) in [7, 11) is -2.04. The van der Waals surface area contributed by atoms with Crippen LogP contribution in [0.2, 0.25) is 24.7 Å². The van der Waals surface area contributed by atoms with Gasteiger partial charge < -0.3 is 4.74 Å². The Morgan fingerprint density at radius 3 is 2.18 bits per heavy atom. The SMILES string of the molecule is C[Si](C)(C)c1c(OC(F)(F)F)ccc(Br)c1Cl. The van der Waals surface area contributed by atoms with Gasteiger partial charge in [-0.25, -0.2) is 0 Å². The average molecular weight is 348 g/mol. The van der Waals surface area contributed by atoms with Crippen molar-refractivity contribution in [3.63, 3.8) is 0 Å². The van der Waals surface area contributed by atoms with Crippen LogP contribution < -0.4 is 9.92 Å². The molecule has 96 valence electrons. The first-order valence-electron chi connectivity index (χ1n) is 4.76. The van der Waals surface area contributed by atoms with Gasteiger partial charge in [-0.2, -0.15) is 0 Å². The first-order chi connectivity index (χ1) is 7.52. The first kappa shape index (κ1) is 14.9. The number of halogens is 5. The summed E-state index contributed by atoms with van der Waals surface area (Å²) in [5.74, 6) is -0.204. The quantitative estimate of drug-likeness (QED) is 0.713. The first-order valence-corrected chi connectivity index (χ1v) is 9.43. The summed E-state index contributed by atoms with van der Waals surface area (Å²) >= 11 is 9.26. The fourth-order valence-corrected chi connectivity index (χ4v) is 4.63. The van der Waals surface area contributed by atoms with Crippen LogP contribution in [0.5, 0.6) is 5.75 Å². The lowest BCUT2D eigenvalue weighted by Gasteiger charge is -2.23. The van der Waals surface area contributed by atoms with Crippen molar-refractivity contribution in [1.82, 2.24) is 0 Å². The Morgan fingerprint density at radius 2 is 1.76 bits per heavy atom. The zero-order valence-electron chi connectivity index (χ0n) is 9.45. The van der Waals surface area contributed by atoms with E-state index in [0.29, 0.717) is 14.7 Å². The van der Waals surface area contributed by atoms with E-state index in [1.54, 1.807) is 0 Å². The van der Waals surface area contributed by atoms with E-state index in [-0.39, 0.29) is 5.75 Å². The second-order valence-corrected chi connectivity index (χ2v) is 10.8. The van der Waals surface area contributed by atoms with E-state index < -0.39 is 14.4 Å². The largest absolute Gasteiger partial charge is 0.573 e. The van der Waals surface area contributed by atoms with Crippen LogP contribution in [-0.4, -0.2) is 14.4 Å². The van der Waals surface area contributed by atoms with Crippen LogP contribution in [0, 0.1) is 0 Å². The normalized spacial score (nSPS) is 12.7. The molecule has 0 aromatic heterocycles. The number of rotatable bonds is 2. The van der Waals surface area contributed by atoms with E-state index in [9.17, 15) is 13.2 Å². The molecule has 0 aliphatic heterocycles. The summed E-state index contributed by atoms with van der Waals surface area (Å²) < 4.78 is 41.4. The Morgan fingerprint density at radius 1 is 1.24 bits per heavy atom. The molecule has 0 atom stereocenters. The van der Waals surface area contributed by atoms with E-state index in [0.717, 1.165) is 0 Å². The predicted octanol–water partition coefficient (Wildman–Crippen LogP) is 4.55. The van der Waals surface area contributed by atoms with Crippen molar-refractivity contribution >= 4 is 40.8 Å². The molecule has 1 aromatic rings. The second-order valence-electron chi connectivity index (χ2n) is 4.53. The molecule has 0 amide bonds. The van der Waals surface area contributed by atoms with Crippen LogP contribution in [-0.2, 0) is 0 Å². The molecule has 0 fully saturated rings. The minimum atomic E-state index is -4.70. The van der Waals surface area contributed by atoms with Gasteiger partial charge in [0.2, 0.25) is 0 Å². The highest BCUT2D eigenvalue weighted by molar-refractivity contribution is 9.10. The summed E-state index contributed by atoms with van der Waals surface area (Å²) in [4.78, 5) is 0. The number of hydrogen-bond acceptors (Lipinski definition) is 1. The van der Waals surface area contributed by atoms with Crippen LogP contribution in [0.15, 0.2) is 16.6 Å². The fourth-order valence-electron chi connectivity index (χ4n) is 1.44. The van der Waals surface area contributed by atoms with Crippen molar-refractivity contribution in [2.45, 2.75) is 26.0 Å². The van der Waals surface area contributed by atoms with E-state index in [4.69, 9.17) is 11.6 Å². The Labute approximate surface area is 112 Å². The molecule has 0 bridgehead atoms. The predicted molar refractivity (Wildman–Crippen MR) is 68.8 cm³/mol. The molecule has 0 radical (unpaired) electrons. The topological polar surface area (TPSA) is 9.23 Å². The summed E-state index contributed by atoms with van der Waals surface area (Å²) in [6.45, 7) is 5.72. The lowest BCUT2D eigenvalue weighted by atomic mass is 10.3. The molecule has 7 heteroatoms. The highest BCUT2D eigenvalue weighted by Gasteiger charge is 2.35. The van der Waals surface area contributed by atoms with Crippen LogP contribution in [0.1, 0.15) is 0 Å². The highest BCUT2D eigenvalue weighted by Crippen LogP contribution is 2.31. The van der Waals surface area contributed by atoms with Gasteiger partial charge in [-0.15, -0.1) is 13.2 Å². The third-order valence-electron chi connectivity index (χ3n) is 2.03. The summed E-state index contributed by atoms with van der Waals surface area (Å²) in [5, 5.41) is 0.761. The average Bonchev–Trinajstić information content (AvgIpc) is 2.06. The molecule has 0 N–H and O–H groups in total. The molecule has 0 aliphatic carbocycles. The number of hydrogen-bond donors (Lipinski definition) is 0. The second kappa shape index (κ2) is 4.82. The lowest BCUT2D eigenvalue weighted by Crippen LogP contribution is -2.41. The summed E-state index contributed by atoms with van der Waals surface area (Å²) in [5.41, 5.74) is 0. The van der Waals surface area contributed by atoms with E-state index in [1.165, 1.54) is 12.1 Å². The molecule has 1 nitrogen and oxygen atoms in total. The minimum Gasteiger partial charge on any atom is -0.406 e. The molecular weight excluding hydrogens is 337 g/mol. The molecule has 17 heavy (non-hydrogen) atoms. The number of ether oxygens (including phenoxy) is 1. The Balaban J connectivity index is 3.36. The third kappa shape index (κ3) is 3.89. The van der Waals surface area contributed by atoms with Gasteiger partial charge in [-0.05, 0) is 28.1 Å². The standard InChI is InChI=1S/C10H11BrClF3OSi/c1-17(2,3)9-7(16-10(13,14)15)5-4-6(11)8(9)12/h4-5H,1-3H3. The van der Waals surface area contributed by atoms with Crippen molar-refractivity contribution in [3.05, 3.63) is 21.6 Å². The maximum atomic E-state index is 12.3. The summed E-state index contributed by atoms with van der Waals surface area (Å²) in [6, 6.07) is 2.74.